The van der Waals surface area contributed by atoms with E-state index in [9.17, 15) is 0 Å². The van der Waals surface area contributed by atoms with Gasteiger partial charge in [0.05, 0.1) is 12.8 Å². The monoisotopic (exact) mass is 263 g/mol. The van der Waals surface area contributed by atoms with Crippen molar-refractivity contribution in [1.82, 2.24) is 14.8 Å². The minimum Gasteiger partial charge on any atom is -0.497 e. The fourth-order valence-corrected chi connectivity index (χ4v) is 2.52. The Morgan fingerprint density at radius 2 is 2.05 bits per heavy atom. The third-order valence-electron chi connectivity index (χ3n) is 4.03. The van der Waals surface area contributed by atoms with E-state index in [4.69, 9.17) is 4.74 Å². The number of hydrogen-bond donors (Lipinski definition) is 0. The summed E-state index contributed by atoms with van der Waals surface area (Å²) in [5.74, 6) is 0.892. The number of piperazine rings is 1. The molecule has 2 rings (SSSR count). The van der Waals surface area contributed by atoms with Crippen molar-refractivity contribution < 1.29 is 4.74 Å². The van der Waals surface area contributed by atoms with E-state index in [1.807, 2.05) is 18.3 Å². The van der Waals surface area contributed by atoms with Crippen LogP contribution >= 0.6 is 0 Å². The molecule has 0 radical (unpaired) electrons. The van der Waals surface area contributed by atoms with Crippen LogP contribution in [0.5, 0.6) is 5.75 Å². The van der Waals surface area contributed by atoms with Gasteiger partial charge in [0.2, 0.25) is 0 Å². The van der Waals surface area contributed by atoms with Crippen LogP contribution < -0.4 is 4.74 Å². The second kappa shape index (κ2) is 6.87. The molecule has 0 bridgehead atoms. The molecule has 4 nitrogen and oxygen atoms in total. The first kappa shape index (κ1) is 14.3. The summed E-state index contributed by atoms with van der Waals surface area (Å²) in [5.41, 5.74) is 1.09. The number of nitrogens with zero attached hydrogens (tertiary/aromatic N) is 3. The Bertz CT molecular complexity index is 389. The van der Waals surface area contributed by atoms with Gasteiger partial charge in [0.15, 0.2) is 0 Å². The summed E-state index contributed by atoms with van der Waals surface area (Å²) in [4.78, 5) is 9.47. The Hall–Kier alpha value is -1.13. The average Bonchev–Trinajstić information content (AvgIpc) is 2.47. The van der Waals surface area contributed by atoms with Crippen LogP contribution in [0.25, 0.3) is 0 Å². The highest BCUT2D eigenvalue weighted by Crippen LogP contribution is 2.14. The van der Waals surface area contributed by atoms with Crippen molar-refractivity contribution in [3.05, 3.63) is 24.0 Å². The van der Waals surface area contributed by atoms with Gasteiger partial charge in [-0.05, 0) is 19.4 Å². The molecule has 0 saturated carbocycles. The van der Waals surface area contributed by atoms with Gasteiger partial charge >= 0.3 is 0 Å². The Labute approximate surface area is 116 Å². The SMILES string of the molecule is CCC(C)N1CCN(Cc2cc(OC)ccn2)CC1. The Morgan fingerprint density at radius 3 is 2.68 bits per heavy atom. The minimum atomic E-state index is 0.706. The van der Waals surface area contributed by atoms with E-state index in [1.54, 1.807) is 7.11 Å². The van der Waals surface area contributed by atoms with Gasteiger partial charge in [-0.3, -0.25) is 14.8 Å². The topological polar surface area (TPSA) is 28.6 Å². The van der Waals surface area contributed by atoms with Gasteiger partial charge in [-0.25, -0.2) is 0 Å². The van der Waals surface area contributed by atoms with Crippen LogP contribution in [0.4, 0.5) is 0 Å². The summed E-state index contributed by atoms with van der Waals surface area (Å²) in [7, 11) is 1.70. The summed E-state index contributed by atoms with van der Waals surface area (Å²) >= 11 is 0. The largest absolute Gasteiger partial charge is 0.497 e. The average molecular weight is 263 g/mol. The maximum Gasteiger partial charge on any atom is 0.122 e. The predicted octanol–water partition coefficient (Wildman–Crippen LogP) is 2.01. The van der Waals surface area contributed by atoms with E-state index < -0.39 is 0 Å². The fraction of sp³-hybridized carbons (Fsp3) is 0.667. The summed E-state index contributed by atoms with van der Waals surface area (Å²) in [5, 5.41) is 0. The van der Waals surface area contributed by atoms with Crippen molar-refractivity contribution in [2.75, 3.05) is 33.3 Å². The first-order valence-corrected chi connectivity index (χ1v) is 7.18. The number of ether oxygens (including phenoxy) is 1. The highest BCUT2D eigenvalue weighted by Gasteiger charge is 2.20. The molecule has 0 aliphatic carbocycles. The highest BCUT2D eigenvalue weighted by atomic mass is 16.5. The molecule has 0 aromatic carbocycles. The first-order valence-electron chi connectivity index (χ1n) is 7.18. The van der Waals surface area contributed by atoms with E-state index in [2.05, 4.69) is 28.6 Å². The molecule has 1 saturated heterocycles. The molecule has 1 unspecified atom stereocenters. The molecule has 0 spiro atoms. The van der Waals surface area contributed by atoms with Crippen LogP contribution in [0.3, 0.4) is 0 Å². The molecule has 1 aromatic heterocycles. The fourth-order valence-electron chi connectivity index (χ4n) is 2.52. The quantitative estimate of drug-likeness (QED) is 0.812. The Balaban J connectivity index is 1.85. The molecule has 19 heavy (non-hydrogen) atoms. The van der Waals surface area contributed by atoms with Gasteiger partial charge in [0, 0.05) is 51.0 Å². The highest BCUT2D eigenvalue weighted by molar-refractivity contribution is 5.22. The molecule has 1 fully saturated rings. The van der Waals surface area contributed by atoms with Gasteiger partial charge < -0.3 is 4.74 Å². The Kier molecular flexibility index (Phi) is 5.16. The van der Waals surface area contributed by atoms with Crippen molar-refractivity contribution in [3.8, 4) is 5.75 Å². The lowest BCUT2D eigenvalue weighted by Crippen LogP contribution is -2.49. The summed E-state index contributed by atoms with van der Waals surface area (Å²) in [6, 6.07) is 4.63. The van der Waals surface area contributed by atoms with Gasteiger partial charge in [0.1, 0.15) is 5.75 Å². The van der Waals surface area contributed by atoms with Crippen molar-refractivity contribution >= 4 is 0 Å². The van der Waals surface area contributed by atoms with Crippen LogP contribution in [-0.4, -0.2) is 54.1 Å². The van der Waals surface area contributed by atoms with Crippen molar-refractivity contribution in [2.45, 2.75) is 32.9 Å². The smallest absolute Gasteiger partial charge is 0.122 e. The summed E-state index contributed by atoms with van der Waals surface area (Å²) in [6.07, 6.45) is 3.06. The van der Waals surface area contributed by atoms with E-state index in [1.165, 1.54) is 19.5 Å². The maximum absolute atomic E-state index is 5.24. The lowest BCUT2D eigenvalue weighted by molar-refractivity contribution is 0.0955. The number of rotatable bonds is 5. The van der Waals surface area contributed by atoms with Crippen LogP contribution in [0.15, 0.2) is 18.3 Å². The van der Waals surface area contributed by atoms with Crippen molar-refractivity contribution in [3.63, 3.8) is 0 Å². The normalized spacial score (nSPS) is 19.3. The zero-order valence-electron chi connectivity index (χ0n) is 12.3. The van der Waals surface area contributed by atoms with Crippen LogP contribution in [0, 0.1) is 0 Å². The molecular weight excluding hydrogens is 238 g/mol. The lowest BCUT2D eigenvalue weighted by atomic mass is 10.2. The lowest BCUT2D eigenvalue weighted by Gasteiger charge is -2.37. The van der Waals surface area contributed by atoms with Gasteiger partial charge in [-0.1, -0.05) is 6.92 Å². The van der Waals surface area contributed by atoms with Crippen LogP contribution in [0.1, 0.15) is 26.0 Å². The van der Waals surface area contributed by atoms with E-state index in [-0.39, 0.29) is 0 Å². The number of methoxy groups -OCH3 is 1. The Morgan fingerprint density at radius 1 is 1.32 bits per heavy atom. The number of hydrogen-bond acceptors (Lipinski definition) is 4. The zero-order chi connectivity index (χ0) is 13.7. The third-order valence-corrected chi connectivity index (χ3v) is 4.03. The second-order valence-corrected chi connectivity index (χ2v) is 5.26. The number of pyridine rings is 1. The minimum absolute atomic E-state index is 0.706. The van der Waals surface area contributed by atoms with Crippen LogP contribution in [0.2, 0.25) is 0 Å². The first-order chi connectivity index (χ1) is 9.22. The van der Waals surface area contributed by atoms with E-state index >= 15 is 0 Å². The molecule has 1 aliphatic heterocycles. The molecule has 0 amide bonds. The van der Waals surface area contributed by atoms with E-state index in [0.29, 0.717) is 6.04 Å². The predicted molar refractivity (Wildman–Crippen MR) is 77.4 cm³/mol. The van der Waals surface area contributed by atoms with Crippen molar-refractivity contribution in [2.24, 2.45) is 0 Å². The molecule has 106 valence electrons. The number of aromatic nitrogens is 1. The second-order valence-electron chi connectivity index (χ2n) is 5.26. The molecule has 1 aliphatic rings. The van der Waals surface area contributed by atoms with Gasteiger partial charge in [-0.15, -0.1) is 0 Å². The summed E-state index contributed by atoms with van der Waals surface area (Å²) in [6.45, 7) is 10.1. The van der Waals surface area contributed by atoms with Crippen LogP contribution in [-0.2, 0) is 6.54 Å². The van der Waals surface area contributed by atoms with E-state index in [0.717, 1.165) is 31.1 Å². The maximum atomic E-state index is 5.24. The van der Waals surface area contributed by atoms with Crippen molar-refractivity contribution in [1.29, 1.82) is 0 Å². The molecule has 0 N–H and O–H groups in total. The molecular formula is C15H25N3O. The molecule has 1 aromatic rings. The molecule has 1 atom stereocenters. The summed E-state index contributed by atoms with van der Waals surface area (Å²) < 4.78 is 5.24. The van der Waals surface area contributed by atoms with Gasteiger partial charge in [-0.2, -0.15) is 0 Å². The molecule has 4 heteroatoms. The zero-order valence-corrected chi connectivity index (χ0v) is 12.3. The molecule has 2 heterocycles. The van der Waals surface area contributed by atoms with Gasteiger partial charge in [0.25, 0.3) is 0 Å². The standard InChI is InChI=1S/C15H25N3O/c1-4-13(2)18-9-7-17(8-10-18)12-14-11-15(19-3)5-6-16-14/h5-6,11,13H,4,7-10,12H2,1-3H3. The third kappa shape index (κ3) is 3.91.